The molecular formula is C18H13BrFN3O. The first-order chi connectivity index (χ1) is 11.6. The topological polar surface area (TPSA) is 54.0 Å². The van der Waals surface area contributed by atoms with Crippen LogP contribution in [0.15, 0.2) is 71.3 Å². The molecule has 1 aromatic heterocycles. The Labute approximate surface area is 146 Å². The van der Waals surface area contributed by atoms with E-state index in [9.17, 15) is 9.18 Å². The molecule has 1 amide bonds. The summed E-state index contributed by atoms with van der Waals surface area (Å²) in [6.07, 6.45) is 1.57. The summed E-state index contributed by atoms with van der Waals surface area (Å²) in [7, 11) is 0. The number of anilines is 3. The standard InChI is InChI=1S/C18H13BrFN3O/c19-15-6-1-2-7-16(15)22-14-8-9-17(21-11-14)18(24)23-13-5-3-4-12(20)10-13/h1-11,22H,(H,23,24). The van der Waals surface area contributed by atoms with E-state index in [1.165, 1.54) is 18.2 Å². The molecule has 120 valence electrons. The molecule has 0 saturated heterocycles. The summed E-state index contributed by atoms with van der Waals surface area (Å²) in [5.74, 6) is -0.804. The lowest BCUT2D eigenvalue weighted by atomic mass is 10.2. The molecule has 6 heteroatoms. The number of carbonyl (C=O) groups excluding carboxylic acids is 1. The number of para-hydroxylation sites is 1. The fourth-order valence-electron chi connectivity index (χ4n) is 2.08. The van der Waals surface area contributed by atoms with Gasteiger partial charge < -0.3 is 10.6 Å². The number of aromatic nitrogens is 1. The molecule has 3 rings (SSSR count). The number of amides is 1. The Morgan fingerprint density at radius 3 is 2.54 bits per heavy atom. The number of rotatable bonds is 4. The summed E-state index contributed by atoms with van der Waals surface area (Å²) in [6, 6.07) is 16.8. The van der Waals surface area contributed by atoms with E-state index in [1.54, 1.807) is 24.4 Å². The van der Waals surface area contributed by atoms with Crippen LogP contribution >= 0.6 is 15.9 Å². The molecule has 0 unspecified atom stereocenters. The highest BCUT2D eigenvalue weighted by Gasteiger charge is 2.08. The van der Waals surface area contributed by atoms with Gasteiger partial charge in [-0.05, 0) is 58.4 Å². The maximum Gasteiger partial charge on any atom is 0.274 e. The van der Waals surface area contributed by atoms with E-state index in [2.05, 4.69) is 31.5 Å². The molecule has 2 N–H and O–H groups in total. The van der Waals surface area contributed by atoms with Crippen molar-refractivity contribution in [3.8, 4) is 0 Å². The van der Waals surface area contributed by atoms with Gasteiger partial charge in [0.25, 0.3) is 5.91 Å². The number of carbonyl (C=O) groups is 1. The molecule has 0 aliphatic heterocycles. The Balaban J connectivity index is 1.70. The minimum absolute atomic E-state index is 0.247. The summed E-state index contributed by atoms with van der Waals surface area (Å²) in [4.78, 5) is 16.3. The fraction of sp³-hybridized carbons (Fsp3) is 0. The van der Waals surface area contributed by atoms with Crippen molar-refractivity contribution in [3.05, 3.63) is 82.8 Å². The van der Waals surface area contributed by atoms with Crippen LogP contribution in [-0.2, 0) is 0 Å². The van der Waals surface area contributed by atoms with Gasteiger partial charge in [0.2, 0.25) is 0 Å². The zero-order valence-electron chi connectivity index (χ0n) is 12.5. The number of pyridine rings is 1. The summed E-state index contributed by atoms with van der Waals surface area (Å²) in [6.45, 7) is 0. The molecule has 1 heterocycles. The first-order valence-corrected chi connectivity index (χ1v) is 7.95. The lowest BCUT2D eigenvalue weighted by Gasteiger charge is -2.09. The van der Waals surface area contributed by atoms with Gasteiger partial charge in [0.1, 0.15) is 11.5 Å². The molecule has 24 heavy (non-hydrogen) atoms. The highest BCUT2D eigenvalue weighted by molar-refractivity contribution is 9.10. The van der Waals surface area contributed by atoms with Crippen LogP contribution in [0.5, 0.6) is 0 Å². The third-order valence-electron chi connectivity index (χ3n) is 3.23. The molecule has 0 aliphatic carbocycles. The number of benzene rings is 2. The van der Waals surface area contributed by atoms with E-state index < -0.39 is 11.7 Å². The molecule has 4 nitrogen and oxygen atoms in total. The second kappa shape index (κ2) is 7.23. The zero-order chi connectivity index (χ0) is 16.9. The van der Waals surface area contributed by atoms with Gasteiger partial charge >= 0.3 is 0 Å². The van der Waals surface area contributed by atoms with Crippen LogP contribution in [0.4, 0.5) is 21.5 Å². The van der Waals surface area contributed by atoms with Crippen molar-refractivity contribution >= 4 is 38.9 Å². The minimum atomic E-state index is -0.409. The van der Waals surface area contributed by atoms with Gasteiger partial charge in [-0.1, -0.05) is 18.2 Å². The quantitative estimate of drug-likeness (QED) is 0.665. The Morgan fingerprint density at radius 1 is 1.00 bits per heavy atom. The van der Waals surface area contributed by atoms with Gasteiger partial charge in [-0.3, -0.25) is 4.79 Å². The van der Waals surface area contributed by atoms with Crippen molar-refractivity contribution in [1.29, 1.82) is 0 Å². The van der Waals surface area contributed by atoms with Crippen molar-refractivity contribution < 1.29 is 9.18 Å². The predicted molar refractivity (Wildman–Crippen MR) is 96.0 cm³/mol. The Bertz CT molecular complexity index is 868. The van der Waals surface area contributed by atoms with Crippen molar-refractivity contribution in [2.75, 3.05) is 10.6 Å². The van der Waals surface area contributed by atoms with Gasteiger partial charge in [-0.25, -0.2) is 9.37 Å². The third kappa shape index (κ3) is 3.97. The number of hydrogen-bond donors (Lipinski definition) is 2. The zero-order valence-corrected chi connectivity index (χ0v) is 14.0. The van der Waals surface area contributed by atoms with Gasteiger partial charge in [0.15, 0.2) is 0 Å². The van der Waals surface area contributed by atoms with Gasteiger partial charge in [-0.2, -0.15) is 0 Å². The minimum Gasteiger partial charge on any atom is -0.353 e. The van der Waals surface area contributed by atoms with Crippen LogP contribution in [0.1, 0.15) is 10.5 Å². The van der Waals surface area contributed by atoms with Crippen LogP contribution in [0.3, 0.4) is 0 Å². The fourth-order valence-corrected chi connectivity index (χ4v) is 2.47. The van der Waals surface area contributed by atoms with Crippen LogP contribution in [-0.4, -0.2) is 10.9 Å². The first-order valence-electron chi connectivity index (χ1n) is 7.16. The molecule has 0 aliphatic rings. The van der Waals surface area contributed by atoms with E-state index in [4.69, 9.17) is 0 Å². The number of halogens is 2. The number of hydrogen-bond acceptors (Lipinski definition) is 3. The monoisotopic (exact) mass is 385 g/mol. The second-order valence-electron chi connectivity index (χ2n) is 5.00. The number of nitrogens with one attached hydrogen (secondary N) is 2. The molecule has 0 atom stereocenters. The van der Waals surface area contributed by atoms with Gasteiger partial charge in [-0.15, -0.1) is 0 Å². The molecule has 0 bridgehead atoms. The average molecular weight is 386 g/mol. The molecule has 3 aromatic rings. The summed E-state index contributed by atoms with van der Waals surface area (Å²) >= 11 is 3.46. The van der Waals surface area contributed by atoms with Crippen molar-refractivity contribution in [2.24, 2.45) is 0 Å². The molecular weight excluding hydrogens is 373 g/mol. The molecule has 0 saturated carbocycles. The van der Waals surface area contributed by atoms with Crippen LogP contribution in [0.2, 0.25) is 0 Å². The van der Waals surface area contributed by atoms with E-state index >= 15 is 0 Å². The molecule has 0 spiro atoms. The average Bonchev–Trinajstić information content (AvgIpc) is 2.57. The van der Waals surface area contributed by atoms with Crippen molar-refractivity contribution in [3.63, 3.8) is 0 Å². The maximum absolute atomic E-state index is 13.1. The van der Waals surface area contributed by atoms with E-state index in [0.717, 1.165) is 15.8 Å². The predicted octanol–water partition coefficient (Wildman–Crippen LogP) is 4.98. The summed E-state index contributed by atoms with van der Waals surface area (Å²) < 4.78 is 14.1. The molecule has 2 aromatic carbocycles. The Morgan fingerprint density at radius 2 is 1.83 bits per heavy atom. The van der Waals surface area contributed by atoms with Gasteiger partial charge in [0.05, 0.1) is 17.6 Å². The lowest BCUT2D eigenvalue weighted by Crippen LogP contribution is -2.13. The molecule has 0 fully saturated rings. The van der Waals surface area contributed by atoms with Gasteiger partial charge in [0, 0.05) is 10.2 Å². The van der Waals surface area contributed by atoms with Crippen LogP contribution < -0.4 is 10.6 Å². The summed E-state index contributed by atoms with van der Waals surface area (Å²) in [5.41, 5.74) is 2.29. The highest BCUT2D eigenvalue weighted by Crippen LogP contribution is 2.25. The van der Waals surface area contributed by atoms with E-state index in [-0.39, 0.29) is 5.69 Å². The Kier molecular flexibility index (Phi) is 4.86. The summed E-state index contributed by atoms with van der Waals surface area (Å²) in [5, 5.41) is 5.81. The first kappa shape index (κ1) is 16.1. The Hall–Kier alpha value is -2.73. The van der Waals surface area contributed by atoms with Crippen LogP contribution in [0.25, 0.3) is 0 Å². The largest absolute Gasteiger partial charge is 0.353 e. The SMILES string of the molecule is O=C(Nc1cccc(F)c1)c1ccc(Nc2ccccc2Br)cn1. The van der Waals surface area contributed by atoms with Crippen LogP contribution in [0, 0.1) is 5.82 Å². The maximum atomic E-state index is 13.1. The normalized spacial score (nSPS) is 10.2. The highest BCUT2D eigenvalue weighted by atomic mass is 79.9. The number of nitrogens with zero attached hydrogens (tertiary/aromatic N) is 1. The third-order valence-corrected chi connectivity index (χ3v) is 3.92. The van der Waals surface area contributed by atoms with Crippen molar-refractivity contribution in [1.82, 2.24) is 4.98 Å². The van der Waals surface area contributed by atoms with E-state index in [0.29, 0.717) is 5.69 Å². The second-order valence-corrected chi connectivity index (χ2v) is 5.86. The van der Waals surface area contributed by atoms with Crippen molar-refractivity contribution in [2.45, 2.75) is 0 Å². The smallest absolute Gasteiger partial charge is 0.274 e. The lowest BCUT2D eigenvalue weighted by molar-refractivity contribution is 0.102. The van der Waals surface area contributed by atoms with E-state index in [1.807, 2.05) is 24.3 Å². The molecule has 0 radical (unpaired) electrons.